The predicted molar refractivity (Wildman–Crippen MR) is 108 cm³/mol. The molecule has 1 atom stereocenters. The molecule has 0 aliphatic heterocycles. The first-order valence-electron chi connectivity index (χ1n) is 8.27. The molecule has 136 valence electrons. The summed E-state index contributed by atoms with van der Waals surface area (Å²) in [5, 5.41) is 9.75. The summed E-state index contributed by atoms with van der Waals surface area (Å²) in [7, 11) is 0. The van der Waals surface area contributed by atoms with E-state index in [0.29, 0.717) is 15.5 Å². The van der Waals surface area contributed by atoms with Crippen molar-refractivity contribution in [3.05, 3.63) is 69.5 Å². The Balaban J connectivity index is 1.52. The van der Waals surface area contributed by atoms with Gasteiger partial charge >= 0.3 is 0 Å². The molecule has 6 nitrogen and oxygen atoms in total. The van der Waals surface area contributed by atoms with E-state index in [2.05, 4.69) is 15.4 Å². The molecule has 0 radical (unpaired) electrons. The Morgan fingerprint density at radius 2 is 2.00 bits per heavy atom. The first kappa shape index (κ1) is 17.5. The number of benzene rings is 1. The van der Waals surface area contributed by atoms with Gasteiger partial charge in [0, 0.05) is 16.8 Å². The van der Waals surface area contributed by atoms with Gasteiger partial charge in [-0.1, -0.05) is 23.7 Å². The Bertz CT molecular complexity index is 1120. The first-order valence-corrected chi connectivity index (χ1v) is 9.52. The van der Waals surface area contributed by atoms with E-state index < -0.39 is 0 Å². The Kier molecular flexibility index (Phi) is 4.55. The number of nitrogen functional groups attached to an aromatic ring is 1. The fraction of sp³-hybridized carbons (Fsp3) is 0.105. The van der Waals surface area contributed by atoms with Gasteiger partial charge in [0.05, 0.1) is 10.9 Å². The molecule has 0 aliphatic rings. The zero-order valence-electron chi connectivity index (χ0n) is 14.4. The average Bonchev–Trinajstić information content (AvgIpc) is 3.27. The Morgan fingerprint density at radius 3 is 2.78 bits per heavy atom. The lowest BCUT2D eigenvalue weighted by Gasteiger charge is -2.13. The number of fused-ring (bicyclic) bond motifs is 1. The van der Waals surface area contributed by atoms with Gasteiger partial charge in [0.1, 0.15) is 0 Å². The van der Waals surface area contributed by atoms with Crippen LogP contribution in [0.15, 0.2) is 54.0 Å². The van der Waals surface area contributed by atoms with Crippen molar-refractivity contribution in [2.75, 3.05) is 5.73 Å². The van der Waals surface area contributed by atoms with Crippen LogP contribution in [0.4, 0.5) is 5.95 Å². The van der Waals surface area contributed by atoms with Crippen molar-refractivity contribution < 1.29 is 4.79 Å². The van der Waals surface area contributed by atoms with Gasteiger partial charge in [-0.2, -0.15) is 4.98 Å². The molecule has 0 bridgehead atoms. The van der Waals surface area contributed by atoms with Crippen molar-refractivity contribution in [3.8, 4) is 11.1 Å². The van der Waals surface area contributed by atoms with E-state index in [1.54, 1.807) is 4.52 Å². The second-order valence-electron chi connectivity index (χ2n) is 6.14. The van der Waals surface area contributed by atoms with E-state index in [9.17, 15) is 4.79 Å². The maximum absolute atomic E-state index is 12.6. The van der Waals surface area contributed by atoms with E-state index in [1.807, 2.05) is 61.0 Å². The number of anilines is 1. The molecule has 3 heterocycles. The van der Waals surface area contributed by atoms with Crippen LogP contribution < -0.4 is 11.1 Å². The van der Waals surface area contributed by atoms with Crippen LogP contribution in [0.25, 0.3) is 16.8 Å². The van der Waals surface area contributed by atoms with Gasteiger partial charge in [-0.15, -0.1) is 16.4 Å². The molecule has 4 aromatic rings. The third kappa shape index (κ3) is 3.65. The molecule has 3 N–H and O–H groups in total. The summed E-state index contributed by atoms with van der Waals surface area (Å²) in [6, 6.07) is 13.0. The molecule has 0 fully saturated rings. The zero-order chi connectivity index (χ0) is 19.0. The molecule has 0 unspecified atom stereocenters. The SMILES string of the molecule is C[C@H](NC(=O)c1cc(-c2ccc3nc(N)nn3c2)cs1)c1ccc(Cl)cc1. The number of thiophene rings is 1. The van der Waals surface area contributed by atoms with Gasteiger partial charge in [0.15, 0.2) is 5.65 Å². The summed E-state index contributed by atoms with van der Waals surface area (Å²) in [6.45, 7) is 1.94. The minimum atomic E-state index is -0.116. The first-order chi connectivity index (χ1) is 13.0. The fourth-order valence-corrected chi connectivity index (χ4v) is 3.73. The van der Waals surface area contributed by atoms with Crippen molar-refractivity contribution in [2.45, 2.75) is 13.0 Å². The Morgan fingerprint density at radius 1 is 1.22 bits per heavy atom. The summed E-state index contributed by atoms with van der Waals surface area (Å²) >= 11 is 7.31. The number of halogens is 1. The minimum Gasteiger partial charge on any atom is -0.366 e. The van der Waals surface area contributed by atoms with Crippen LogP contribution in [0.5, 0.6) is 0 Å². The highest BCUT2D eigenvalue weighted by molar-refractivity contribution is 7.12. The summed E-state index contributed by atoms with van der Waals surface area (Å²) in [6.07, 6.45) is 1.85. The number of hydrogen-bond donors (Lipinski definition) is 2. The summed E-state index contributed by atoms with van der Waals surface area (Å²) in [5.74, 6) is 0.119. The molecule has 0 spiro atoms. The highest BCUT2D eigenvalue weighted by atomic mass is 35.5. The number of carbonyl (C=O) groups excluding carboxylic acids is 1. The number of aromatic nitrogens is 3. The van der Waals surface area contributed by atoms with Crippen LogP contribution in [0.2, 0.25) is 5.02 Å². The van der Waals surface area contributed by atoms with Crippen LogP contribution in [-0.4, -0.2) is 20.5 Å². The number of nitrogens with one attached hydrogen (secondary N) is 1. The average molecular weight is 398 g/mol. The van der Waals surface area contributed by atoms with E-state index in [-0.39, 0.29) is 17.9 Å². The van der Waals surface area contributed by atoms with Gasteiger partial charge in [0.2, 0.25) is 5.95 Å². The molecule has 8 heteroatoms. The Hall–Kier alpha value is -2.90. The number of hydrogen-bond acceptors (Lipinski definition) is 5. The van der Waals surface area contributed by atoms with E-state index in [0.717, 1.165) is 16.7 Å². The third-order valence-corrected chi connectivity index (χ3v) is 5.40. The van der Waals surface area contributed by atoms with E-state index in [1.165, 1.54) is 11.3 Å². The van der Waals surface area contributed by atoms with Crippen molar-refractivity contribution in [3.63, 3.8) is 0 Å². The lowest BCUT2D eigenvalue weighted by atomic mass is 10.1. The Labute approximate surface area is 164 Å². The fourth-order valence-electron chi connectivity index (χ4n) is 2.78. The zero-order valence-corrected chi connectivity index (χ0v) is 16.0. The number of pyridine rings is 1. The standard InChI is InChI=1S/C19H16ClN5OS/c1-11(12-2-5-15(20)6-3-12)22-18(26)16-8-14(10-27-16)13-4-7-17-23-19(21)24-25(17)9-13/h2-11H,1H3,(H2,21,24)(H,22,26)/t11-/m0/s1. The summed E-state index contributed by atoms with van der Waals surface area (Å²) < 4.78 is 1.63. The van der Waals surface area contributed by atoms with Gasteiger partial charge in [-0.3, -0.25) is 4.79 Å². The molecule has 0 saturated heterocycles. The molecule has 1 amide bonds. The van der Waals surface area contributed by atoms with Crippen LogP contribution in [0, 0.1) is 0 Å². The van der Waals surface area contributed by atoms with Crippen LogP contribution in [0.1, 0.15) is 28.2 Å². The van der Waals surface area contributed by atoms with Crippen molar-refractivity contribution >= 4 is 40.4 Å². The molecular weight excluding hydrogens is 382 g/mol. The summed E-state index contributed by atoms with van der Waals surface area (Å²) in [5.41, 5.74) is 9.19. The minimum absolute atomic E-state index is 0.111. The molecule has 27 heavy (non-hydrogen) atoms. The third-order valence-electron chi connectivity index (χ3n) is 4.22. The highest BCUT2D eigenvalue weighted by Crippen LogP contribution is 2.26. The van der Waals surface area contributed by atoms with Crippen molar-refractivity contribution in [1.29, 1.82) is 0 Å². The highest BCUT2D eigenvalue weighted by Gasteiger charge is 2.14. The summed E-state index contributed by atoms with van der Waals surface area (Å²) in [4.78, 5) is 17.3. The lowest BCUT2D eigenvalue weighted by molar-refractivity contribution is 0.0944. The van der Waals surface area contributed by atoms with E-state index >= 15 is 0 Å². The molecule has 4 rings (SSSR count). The monoisotopic (exact) mass is 397 g/mol. The van der Waals surface area contributed by atoms with Gasteiger partial charge in [-0.05, 0) is 53.8 Å². The normalized spacial score (nSPS) is 12.2. The van der Waals surface area contributed by atoms with Crippen molar-refractivity contribution in [1.82, 2.24) is 19.9 Å². The molecule has 1 aromatic carbocycles. The second-order valence-corrected chi connectivity index (χ2v) is 7.48. The maximum atomic E-state index is 12.6. The van der Waals surface area contributed by atoms with E-state index in [4.69, 9.17) is 17.3 Å². The topological polar surface area (TPSA) is 85.3 Å². The van der Waals surface area contributed by atoms with Crippen LogP contribution in [0.3, 0.4) is 0 Å². The van der Waals surface area contributed by atoms with Gasteiger partial charge in [0.25, 0.3) is 5.91 Å². The largest absolute Gasteiger partial charge is 0.366 e. The predicted octanol–water partition coefficient (Wildman–Crippen LogP) is 4.18. The molecule has 0 saturated carbocycles. The van der Waals surface area contributed by atoms with Crippen LogP contribution in [-0.2, 0) is 0 Å². The molecular formula is C19H16ClN5OS. The van der Waals surface area contributed by atoms with Gasteiger partial charge < -0.3 is 11.1 Å². The number of nitrogens with zero attached hydrogens (tertiary/aromatic N) is 3. The molecule has 3 aromatic heterocycles. The lowest BCUT2D eigenvalue weighted by Crippen LogP contribution is -2.25. The molecule has 0 aliphatic carbocycles. The van der Waals surface area contributed by atoms with Crippen molar-refractivity contribution in [2.24, 2.45) is 0 Å². The van der Waals surface area contributed by atoms with Crippen LogP contribution >= 0.6 is 22.9 Å². The number of nitrogens with two attached hydrogens (primary N) is 1. The van der Waals surface area contributed by atoms with Gasteiger partial charge in [-0.25, -0.2) is 4.52 Å². The number of carbonyl (C=O) groups is 1. The quantitative estimate of drug-likeness (QED) is 0.540. The maximum Gasteiger partial charge on any atom is 0.261 e. The second kappa shape index (κ2) is 7.02. The number of amides is 1. The number of rotatable bonds is 4. The smallest absolute Gasteiger partial charge is 0.261 e.